The van der Waals surface area contributed by atoms with Gasteiger partial charge in [-0.3, -0.25) is 4.79 Å². The minimum absolute atomic E-state index is 0.169. The largest absolute Gasteiger partial charge is 0.430 e. The SMILES string of the molecule is O=C1OC(=CBr)CC1c1cccc2ccccc12. The van der Waals surface area contributed by atoms with Crippen molar-refractivity contribution in [1.29, 1.82) is 0 Å². The molecule has 0 N–H and O–H groups in total. The first-order valence-electron chi connectivity index (χ1n) is 5.78. The molecular formula is C15H11BrO2. The first-order chi connectivity index (χ1) is 8.79. The summed E-state index contributed by atoms with van der Waals surface area (Å²) < 4.78 is 5.20. The molecule has 1 aliphatic heterocycles. The zero-order valence-corrected chi connectivity index (χ0v) is 11.2. The van der Waals surface area contributed by atoms with Crippen molar-refractivity contribution in [3.8, 4) is 0 Å². The molecule has 0 spiro atoms. The summed E-state index contributed by atoms with van der Waals surface area (Å²) in [5, 5.41) is 2.27. The molecular weight excluding hydrogens is 292 g/mol. The summed E-state index contributed by atoms with van der Waals surface area (Å²) in [4.78, 5) is 13.6. The van der Waals surface area contributed by atoms with E-state index in [1.54, 1.807) is 4.99 Å². The monoisotopic (exact) mass is 302 g/mol. The topological polar surface area (TPSA) is 26.3 Å². The van der Waals surface area contributed by atoms with Gasteiger partial charge >= 0.3 is 5.97 Å². The van der Waals surface area contributed by atoms with Gasteiger partial charge in [0.25, 0.3) is 0 Å². The number of carbonyl (C=O) groups is 1. The Labute approximate surface area is 113 Å². The highest BCUT2D eigenvalue weighted by atomic mass is 79.9. The Hall–Kier alpha value is -1.61. The average Bonchev–Trinajstić information content (AvgIpc) is 2.79. The third kappa shape index (κ3) is 1.85. The van der Waals surface area contributed by atoms with Crippen LogP contribution in [0.15, 0.2) is 53.2 Å². The maximum absolute atomic E-state index is 11.9. The van der Waals surface area contributed by atoms with Crippen LogP contribution in [0.3, 0.4) is 0 Å². The van der Waals surface area contributed by atoms with E-state index in [4.69, 9.17) is 4.74 Å². The normalized spacial score (nSPS) is 21.5. The zero-order valence-electron chi connectivity index (χ0n) is 9.60. The highest BCUT2D eigenvalue weighted by molar-refractivity contribution is 9.11. The molecule has 1 fully saturated rings. The van der Waals surface area contributed by atoms with Crippen LogP contribution >= 0.6 is 15.9 Å². The van der Waals surface area contributed by atoms with E-state index in [1.165, 1.54) is 0 Å². The molecule has 0 aliphatic carbocycles. The standard InChI is InChI=1S/C15H11BrO2/c16-9-11-8-14(15(17)18-11)13-7-3-5-10-4-1-2-6-12(10)13/h1-7,9,14H,8H2. The second-order valence-corrected chi connectivity index (χ2v) is 4.78. The minimum atomic E-state index is -0.195. The highest BCUT2D eigenvalue weighted by Gasteiger charge is 2.32. The maximum Gasteiger partial charge on any atom is 0.318 e. The van der Waals surface area contributed by atoms with Crippen molar-refractivity contribution in [2.24, 2.45) is 0 Å². The lowest BCUT2D eigenvalue weighted by Gasteiger charge is -2.09. The first-order valence-corrected chi connectivity index (χ1v) is 6.70. The number of allylic oxidation sites excluding steroid dienone is 1. The molecule has 1 saturated heterocycles. The van der Waals surface area contributed by atoms with Gasteiger partial charge in [0.15, 0.2) is 0 Å². The maximum atomic E-state index is 11.9. The van der Waals surface area contributed by atoms with Crippen molar-refractivity contribution >= 4 is 32.7 Å². The van der Waals surface area contributed by atoms with E-state index in [1.807, 2.05) is 30.3 Å². The van der Waals surface area contributed by atoms with E-state index >= 15 is 0 Å². The number of carbonyl (C=O) groups excluding carboxylic acids is 1. The van der Waals surface area contributed by atoms with Gasteiger partial charge in [0.2, 0.25) is 0 Å². The Balaban J connectivity index is 2.13. The number of hydrogen-bond acceptors (Lipinski definition) is 2. The van der Waals surface area contributed by atoms with Crippen LogP contribution in [0.25, 0.3) is 10.8 Å². The van der Waals surface area contributed by atoms with Crippen molar-refractivity contribution in [3.63, 3.8) is 0 Å². The van der Waals surface area contributed by atoms with E-state index in [0.29, 0.717) is 12.2 Å². The van der Waals surface area contributed by atoms with Crippen LogP contribution in [0.2, 0.25) is 0 Å². The fourth-order valence-electron chi connectivity index (χ4n) is 2.38. The van der Waals surface area contributed by atoms with E-state index in [-0.39, 0.29) is 11.9 Å². The lowest BCUT2D eigenvalue weighted by molar-refractivity contribution is -0.136. The Bertz CT molecular complexity index is 640. The van der Waals surface area contributed by atoms with Gasteiger partial charge in [0, 0.05) is 11.4 Å². The van der Waals surface area contributed by atoms with Crippen LogP contribution < -0.4 is 0 Å². The number of halogens is 1. The van der Waals surface area contributed by atoms with Crippen molar-refractivity contribution in [1.82, 2.24) is 0 Å². The Morgan fingerprint density at radius 2 is 1.94 bits per heavy atom. The molecule has 0 aromatic heterocycles. The Morgan fingerprint density at radius 1 is 1.17 bits per heavy atom. The number of benzene rings is 2. The molecule has 2 nitrogen and oxygen atoms in total. The lowest BCUT2D eigenvalue weighted by atomic mass is 9.92. The molecule has 0 bridgehead atoms. The van der Waals surface area contributed by atoms with Crippen LogP contribution in [0.5, 0.6) is 0 Å². The van der Waals surface area contributed by atoms with Crippen molar-refractivity contribution in [2.75, 3.05) is 0 Å². The number of cyclic esters (lactones) is 1. The van der Waals surface area contributed by atoms with E-state index < -0.39 is 0 Å². The molecule has 0 radical (unpaired) electrons. The number of ether oxygens (including phenoxy) is 1. The number of fused-ring (bicyclic) bond motifs is 1. The number of rotatable bonds is 1. The van der Waals surface area contributed by atoms with Gasteiger partial charge in [-0.1, -0.05) is 58.4 Å². The summed E-state index contributed by atoms with van der Waals surface area (Å²) in [6.45, 7) is 0. The second kappa shape index (κ2) is 4.58. The van der Waals surface area contributed by atoms with Crippen molar-refractivity contribution < 1.29 is 9.53 Å². The molecule has 18 heavy (non-hydrogen) atoms. The second-order valence-electron chi connectivity index (χ2n) is 4.32. The Kier molecular flexibility index (Phi) is 2.92. The quantitative estimate of drug-likeness (QED) is 0.741. The van der Waals surface area contributed by atoms with Gasteiger partial charge in [0.1, 0.15) is 5.76 Å². The molecule has 3 rings (SSSR count). The molecule has 1 unspecified atom stereocenters. The molecule has 0 amide bonds. The number of hydrogen-bond donors (Lipinski definition) is 0. The third-order valence-corrected chi connectivity index (χ3v) is 3.75. The summed E-state index contributed by atoms with van der Waals surface area (Å²) >= 11 is 3.21. The Morgan fingerprint density at radius 3 is 2.72 bits per heavy atom. The molecule has 2 aromatic rings. The molecule has 0 saturated carbocycles. The van der Waals surface area contributed by atoms with Gasteiger partial charge in [-0.05, 0) is 16.3 Å². The average molecular weight is 303 g/mol. The fraction of sp³-hybridized carbons (Fsp3) is 0.133. The van der Waals surface area contributed by atoms with Crippen LogP contribution in [0.1, 0.15) is 17.9 Å². The van der Waals surface area contributed by atoms with Crippen LogP contribution in [-0.4, -0.2) is 5.97 Å². The van der Waals surface area contributed by atoms with E-state index in [9.17, 15) is 4.79 Å². The van der Waals surface area contributed by atoms with Crippen LogP contribution in [-0.2, 0) is 9.53 Å². The summed E-state index contributed by atoms with van der Waals surface area (Å²) in [5.41, 5.74) is 1.04. The van der Waals surface area contributed by atoms with Gasteiger partial charge in [-0.25, -0.2) is 0 Å². The van der Waals surface area contributed by atoms with Gasteiger partial charge in [-0.2, -0.15) is 0 Å². The molecule has 3 heteroatoms. The predicted octanol–water partition coefficient (Wildman–Crippen LogP) is 4.11. The van der Waals surface area contributed by atoms with Crippen LogP contribution in [0, 0.1) is 0 Å². The molecule has 1 aliphatic rings. The minimum Gasteiger partial charge on any atom is -0.430 e. The zero-order chi connectivity index (χ0) is 12.5. The molecule has 1 heterocycles. The van der Waals surface area contributed by atoms with Crippen molar-refractivity contribution in [3.05, 3.63) is 58.8 Å². The lowest BCUT2D eigenvalue weighted by Crippen LogP contribution is -2.05. The van der Waals surface area contributed by atoms with Gasteiger partial charge in [-0.15, -0.1) is 0 Å². The van der Waals surface area contributed by atoms with Gasteiger partial charge in [0.05, 0.1) is 5.92 Å². The van der Waals surface area contributed by atoms with Crippen LogP contribution in [0.4, 0.5) is 0 Å². The molecule has 1 atom stereocenters. The summed E-state index contributed by atoms with van der Waals surface area (Å²) in [6.07, 6.45) is 0.623. The number of esters is 1. The highest BCUT2D eigenvalue weighted by Crippen LogP contribution is 2.36. The van der Waals surface area contributed by atoms with Crippen molar-refractivity contribution in [2.45, 2.75) is 12.3 Å². The van der Waals surface area contributed by atoms with E-state index in [2.05, 4.69) is 28.1 Å². The summed E-state index contributed by atoms with van der Waals surface area (Å²) in [7, 11) is 0. The molecule has 90 valence electrons. The first kappa shape index (κ1) is 11.5. The summed E-state index contributed by atoms with van der Waals surface area (Å²) in [6, 6.07) is 14.1. The fourth-order valence-corrected chi connectivity index (χ4v) is 2.66. The third-order valence-electron chi connectivity index (χ3n) is 3.24. The smallest absolute Gasteiger partial charge is 0.318 e. The van der Waals surface area contributed by atoms with Gasteiger partial charge < -0.3 is 4.74 Å². The molecule has 2 aromatic carbocycles. The van der Waals surface area contributed by atoms with E-state index in [0.717, 1.165) is 16.3 Å². The predicted molar refractivity (Wildman–Crippen MR) is 74.4 cm³/mol. The summed E-state index contributed by atoms with van der Waals surface area (Å²) in [5.74, 6) is 0.329.